The maximum atomic E-state index is 12.3. The van der Waals surface area contributed by atoms with Crippen molar-refractivity contribution in [3.8, 4) is 0 Å². The number of hydrogen-bond donors (Lipinski definition) is 3. The summed E-state index contributed by atoms with van der Waals surface area (Å²) in [6, 6.07) is 0. The zero-order valence-electron chi connectivity index (χ0n) is 29.6. The Hall–Kier alpha value is -2.55. The van der Waals surface area contributed by atoms with E-state index in [0.29, 0.717) is 19.3 Å². The second-order valence-corrected chi connectivity index (χ2v) is 13.4. The topological polar surface area (TPSA) is 140 Å². The van der Waals surface area contributed by atoms with Crippen LogP contribution in [-0.2, 0) is 28.2 Å². The van der Waals surface area contributed by atoms with Gasteiger partial charge in [-0.15, -0.1) is 0 Å². The van der Waals surface area contributed by atoms with Gasteiger partial charge in [-0.25, -0.2) is 4.57 Å². The molecule has 0 aliphatic heterocycles. The average Bonchev–Trinajstić information content (AvgIpc) is 3.03. The summed E-state index contributed by atoms with van der Waals surface area (Å²) in [5.41, 5.74) is 0. The summed E-state index contributed by atoms with van der Waals surface area (Å²) in [4.78, 5) is 42.5. The van der Waals surface area contributed by atoms with Crippen LogP contribution >= 0.6 is 7.82 Å². The van der Waals surface area contributed by atoms with E-state index in [0.717, 1.165) is 50.9 Å². The SMILES string of the molecule is CC/C=C\C/C=C\C/C=C\C/C=C\C=C/C(O)C/C=C\CCC(=O)OC[C@H](COP(=O)(O)O)OC(=O)CCCCCCCCCC(C)C. The number of esters is 2. The molecule has 2 atom stereocenters. The predicted molar refractivity (Wildman–Crippen MR) is 194 cm³/mol. The summed E-state index contributed by atoms with van der Waals surface area (Å²) < 4.78 is 26.1. The number of phosphoric acid groups is 1. The molecule has 0 spiro atoms. The van der Waals surface area contributed by atoms with Gasteiger partial charge in [-0.1, -0.05) is 139 Å². The Morgan fingerprint density at radius 3 is 1.94 bits per heavy atom. The lowest BCUT2D eigenvalue weighted by molar-refractivity contribution is -0.161. The summed E-state index contributed by atoms with van der Waals surface area (Å²) >= 11 is 0. The van der Waals surface area contributed by atoms with Gasteiger partial charge in [0.05, 0.1) is 12.7 Å². The van der Waals surface area contributed by atoms with Gasteiger partial charge in [0.15, 0.2) is 6.10 Å². The Labute approximate surface area is 290 Å². The van der Waals surface area contributed by atoms with E-state index in [9.17, 15) is 19.3 Å². The average molecular weight is 695 g/mol. The molecule has 48 heavy (non-hydrogen) atoms. The van der Waals surface area contributed by atoms with Gasteiger partial charge in [0, 0.05) is 12.8 Å². The van der Waals surface area contributed by atoms with Crippen LogP contribution in [0, 0.1) is 5.92 Å². The highest BCUT2D eigenvalue weighted by molar-refractivity contribution is 7.46. The van der Waals surface area contributed by atoms with Crippen molar-refractivity contribution in [2.45, 2.75) is 136 Å². The molecule has 0 aromatic carbocycles. The second kappa shape index (κ2) is 31.7. The Kier molecular flexibility index (Phi) is 30.0. The Bertz CT molecular complexity index is 1040. The fraction of sp³-hybridized carbons (Fsp3) is 0.632. The monoisotopic (exact) mass is 694 g/mol. The van der Waals surface area contributed by atoms with E-state index in [-0.39, 0.29) is 19.4 Å². The molecule has 0 rings (SSSR count). The number of aliphatic hydroxyl groups is 1. The van der Waals surface area contributed by atoms with Crippen molar-refractivity contribution < 1.29 is 43.0 Å². The Morgan fingerprint density at radius 1 is 0.708 bits per heavy atom. The van der Waals surface area contributed by atoms with Gasteiger partial charge in [-0.05, 0) is 50.9 Å². The number of aliphatic hydroxyl groups excluding tert-OH is 1. The normalized spacial score (nSPS) is 14.1. The number of hydrogen-bond acceptors (Lipinski definition) is 7. The van der Waals surface area contributed by atoms with Crippen LogP contribution in [0.2, 0.25) is 0 Å². The summed E-state index contributed by atoms with van der Waals surface area (Å²) in [5, 5.41) is 10.1. The third-order valence-corrected chi connectivity index (χ3v) is 7.50. The molecule has 274 valence electrons. The minimum absolute atomic E-state index is 0.0574. The smallest absolute Gasteiger partial charge is 0.462 e. The molecular weight excluding hydrogens is 631 g/mol. The number of ether oxygens (including phenoxy) is 2. The molecule has 0 aromatic rings. The summed E-state index contributed by atoms with van der Waals surface area (Å²) in [5.74, 6) is -0.343. The van der Waals surface area contributed by atoms with Crippen LogP contribution in [0.3, 0.4) is 0 Å². The maximum Gasteiger partial charge on any atom is 0.469 e. The van der Waals surface area contributed by atoms with Gasteiger partial charge >= 0.3 is 19.8 Å². The molecule has 0 heterocycles. The van der Waals surface area contributed by atoms with Gasteiger partial charge in [0.1, 0.15) is 6.61 Å². The number of unbranched alkanes of at least 4 members (excludes halogenated alkanes) is 6. The Morgan fingerprint density at radius 2 is 1.31 bits per heavy atom. The number of allylic oxidation sites excluding steroid dienone is 10. The highest BCUT2D eigenvalue weighted by Gasteiger charge is 2.22. The van der Waals surface area contributed by atoms with Crippen LogP contribution in [0.4, 0.5) is 0 Å². The molecule has 0 saturated heterocycles. The third kappa shape index (κ3) is 34.8. The summed E-state index contributed by atoms with van der Waals surface area (Å²) in [7, 11) is -4.79. The van der Waals surface area contributed by atoms with Gasteiger partial charge in [-0.3, -0.25) is 14.1 Å². The standard InChI is InChI=1S/C38H63O9P/c1-4-5-6-7-8-9-10-11-12-13-16-19-23-28-35(39)29-24-21-26-30-37(40)45-32-36(33-46-48(42,43)44)47-38(41)31-25-20-17-14-15-18-22-27-34(2)3/h5-6,8-9,11-12,16,19,21,23-24,28,34-36,39H,4,7,10,13-15,17-18,20,22,25-27,29-33H2,1-3H3,(H2,42,43,44)/b6-5-,9-8-,12-11-,19-16-,24-21-,28-23-/t35?,36-/m1/s1. The van der Waals surface area contributed by atoms with Gasteiger partial charge in [0.25, 0.3) is 0 Å². The molecule has 3 N–H and O–H groups in total. The summed E-state index contributed by atoms with van der Waals surface area (Å²) in [6.45, 7) is 5.62. The van der Waals surface area contributed by atoms with Crippen LogP contribution in [0.25, 0.3) is 0 Å². The number of rotatable bonds is 30. The van der Waals surface area contributed by atoms with Crippen molar-refractivity contribution >= 4 is 19.8 Å². The van der Waals surface area contributed by atoms with E-state index in [2.05, 4.69) is 61.8 Å². The molecule has 0 aliphatic carbocycles. The lowest BCUT2D eigenvalue weighted by atomic mass is 10.0. The molecule has 1 unspecified atom stereocenters. The van der Waals surface area contributed by atoms with Crippen LogP contribution < -0.4 is 0 Å². The first-order valence-electron chi connectivity index (χ1n) is 17.7. The Balaban J connectivity index is 4.25. The molecule has 0 fully saturated rings. The minimum Gasteiger partial charge on any atom is -0.462 e. The van der Waals surface area contributed by atoms with E-state index in [1.807, 2.05) is 12.2 Å². The second-order valence-electron chi connectivity index (χ2n) is 12.1. The zero-order chi connectivity index (χ0) is 35.7. The van der Waals surface area contributed by atoms with Gasteiger partial charge in [-0.2, -0.15) is 0 Å². The zero-order valence-corrected chi connectivity index (χ0v) is 30.5. The number of phosphoric ester groups is 1. The fourth-order valence-corrected chi connectivity index (χ4v) is 4.73. The van der Waals surface area contributed by atoms with Crippen LogP contribution in [0.15, 0.2) is 72.9 Å². The third-order valence-electron chi connectivity index (χ3n) is 7.01. The first-order valence-corrected chi connectivity index (χ1v) is 19.2. The van der Waals surface area contributed by atoms with E-state index >= 15 is 0 Å². The highest BCUT2D eigenvalue weighted by atomic mass is 31.2. The van der Waals surface area contributed by atoms with Crippen molar-refractivity contribution in [3.63, 3.8) is 0 Å². The van der Waals surface area contributed by atoms with Crippen molar-refractivity contribution in [2.24, 2.45) is 5.92 Å². The molecule has 0 amide bonds. The highest BCUT2D eigenvalue weighted by Crippen LogP contribution is 2.35. The molecule has 0 saturated carbocycles. The van der Waals surface area contributed by atoms with E-state index in [1.54, 1.807) is 24.3 Å². The summed E-state index contributed by atoms with van der Waals surface area (Å²) in [6.07, 6.45) is 35.4. The molecule has 9 nitrogen and oxygen atoms in total. The first kappa shape index (κ1) is 45.5. The molecule has 0 bridgehead atoms. The van der Waals surface area contributed by atoms with Gasteiger partial charge < -0.3 is 24.4 Å². The van der Waals surface area contributed by atoms with E-state index in [1.165, 1.54) is 25.7 Å². The first-order chi connectivity index (χ1) is 23.0. The van der Waals surface area contributed by atoms with E-state index < -0.39 is 38.6 Å². The van der Waals surface area contributed by atoms with Crippen LogP contribution in [-0.4, -0.2) is 52.3 Å². The quantitative estimate of drug-likeness (QED) is 0.0221. The van der Waals surface area contributed by atoms with Crippen molar-refractivity contribution in [1.29, 1.82) is 0 Å². The molecule has 0 aromatic heterocycles. The van der Waals surface area contributed by atoms with Crippen molar-refractivity contribution in [2.75, 3.05) is 13.2 Å². The molecule has 0 radical (unpaired) electrons. The predicted octanol–water partition coefficient (Wildman–Crippen LogP) is 9.17. The number of carbonyl (C=O) groups excluding carboxylic acids is 2. The molecular formula is C38H63O9P. The largest absolute Gasteiger partial charge is 0.469 e. The maximum absolute atomic E-state index is 12.3. The molecule has 10 heteroatoms. The number of carbonyl (C=O) groups is 2. The van der Waals surface area contributed by atoms with E-state index in [4.69, 9.17) is 19.3 Å². The fourth-order valence-electron chi connectivity index (χ4n) is 4.37. The van der Waals surface area contributed by atoms with Crippen LogP contribution in [0.5, 0.6) is 0 Å². The lowest BCUT2D eigenvalue weighted by Gasteiger charge is -2.18. The van der Waals surface area contributed by atoms with Gasteiger partial charge in [0.2, 0.25) is 0 Å². The molecule has 0 aliphatic rings. The van der Waals surface area contributed by atoms with Crippen molar-refractivity contribution in [1.82, 2.24) is 0 Å². The minimum atomic E-state index is -4.79. The lowest BCUT2D eigenvalue weighted by Crippen LogP contribution is -2.29. The van der Waals surface area contributed by atoms with Crippen molar-refractivity contribution in [3.05, 3.63) is 72.9 Å². The van der Waals surface area contributed by atoms with Crippen LogP contribution in [0.1, 0.15) is 124 Å².